The van der Waals surface area contributed by atoms with Gasteiger partial charge in [-0.3, -0.25) is 0 Å². The van der Waals surface area contributed by atoms with E-state index in [0.717, 1.165) is 0 Å². The summed E-state index contributed by atoms with van der Waals surface area (Å²) in [6, 6.07) is 4.36. The lowest BCUT2D eigenvalue weighted by Gasteiger charge is -1.94. The molecule has 2 aromatic rings. The Balaban J connectivity index is 2.79. The monoisotopic (exact) mass is 231 g/mol. The molecule has 0 bridgehead atoms. The van der Waals surface area contributed by atoms with E-state index < -0.39 is 9.05 Å². The molecule has 6 heteroatoms. The first-order valence-corrected chi connectivity index (χ1v) is 6.10. The Bertz CT molecular complexity index is 588. The van der Waals surface area contributed by atoms with Crippen LogP contribution in [0.3, 0.4) is 0 Å². The molecule has 0 unspecified atom stereocenters. The highest BCUT2D eigenvalue weighted by Gasteiger charge is 2.12. The topological polar surface area (TPSA) is 60.2 Å². The Morgan fingerprint density at radius 1 is 1.43 bits per heavy atom. The van der Waals surface area contributed by atoms with Gasteiger partial charge < -0.3 is 4.52 Å². The summed E-state index contributed by atoms with van der Waals surface area (Å²) in [7, 11) is 1.51. The number of benzene rings is 1. The second kappa shape index (κ2) is 2.96. The van der Waals surface area contributed by atoms with Gasteiger partial charge in [-0.25, -0.2) is 8.42 Å². The molecule has 0 saturated carbocycles. The first-order chi connectivity index (χ1) is 6.48. The summed E-state index contributed by atoms with van der Waals surface area (Å²) in [5, 5.41) is 4.37. The standard InChI is InChI=1S/C8H6ClNO3S/c1-5-7-4-6(14(9,11)12)2-3-8(7)13-10-5/h2-4H,1H3. The molecule has 0 radical (unpaired) electrons. The van der Waals surface area contributed by atoms with E-state index >= 15 is 0 Å². The van der Waals surface area contributed by atoms with Crippen LogP contribution in [0.5, 0.6) is 0 Å². The number of fused-ring (bicyclic) bond motifs is 1. The minimum absolute atomic E-state index is 0.0537. The lowest BCUT2D eigenvalue weighted by molar-refractivity contribution is 0.450. The minimum atomic E-state index is -3.69. The van der Waals surface area contributed by atoms with Crippen molar-refractivity contribution in [1.82, 2.24) is 5.16 Å². The van der Waals surface area contributed by atoms with Gasteiger partial charge >= 0.3 is 0 Å². The van der Waals surface area contributed by atoms with Crippen molar-refractivity contribution >= 4 is 30.7 Å². The van der Waals surface area contributed by atoms with E-state index in [2.05, 4.69) is 5.16 Å². The molecule has 0 atom stereocenters. The smallest absolute Gasteiger partial charge is 0.261 e. The highest BCUT2D eigenvalue weighted by atomic mass is 35.7. The van der Waals surface area contributed by atoms with Crippen molar-refractivity contribution in [3.05, 3.63) is 23.9 Å². The van der Waals surface area contributed by atoms with Crippen molar-refractivity contribution in [2.75, 3.05) is 0 Å². The zero-order valence-electron chi connectivity index (χ0n) is 7.19. The number of nitrogens with zero attached hydrogens (tertiary/aromatic N) is 1. The van der Waals surface area contributed by atoms with E-state index in [4.69, 9.17) is 15.2 Å². The van der Waals surface area contributed by atoms with Gasteiger partial charge in [0.1, 0.15) is 0 Å². The molecule has 14 heavy (non-hydrogen) atoms. The molecule has 74 valence electrons. The molecule has 0 spiro atoms. The molecule has 0 N–H and O–H groups in total. The zero-order chi connectivity index (χ0) is 10.3. The van der Waals surface area contributed by atoms with Crippen LogP contribution in [-0.4, -0.2) is 13.6 Å². The normalized spacial score (nSPS) is 12.1. The Hall–Kier alpha value is -1.07. The van der Waals surface area contributed by atoms with Crippen LogP contribution in [0.2, 0.25) is 0 Å². The highest BCUT2D eigenvalue weighted by Crippen LogP contribution is 2.23. The van der Waals surface area contributed by atoms with Gasteiger partial charge in [0.15, 0.2) is 5.58 Å². The average molecular weight is 232 g/mol. The summed E-state index contributed by atoms with van der Waals surface area (Å²) in [5.41, 5.74) is 1.19. The molecular formula is C8H6ClNO3S. The Kier molecular flexibility index (Phi) is 2.01. The Morgan fingerprint density at radius 2 is 2.14 bits per heavy atom. The van der Waals surface area contributed by atoms with Gasteiger partial charge in [0.25, 0.3) is 9.05 Å². The second-order valence-corrected chi connectivity index (χ2v) is 5.43. The lowest BCUT2D eigenvalue weighted by atomic mass is 10.2. The van der Waals surface area contributed by atoms with Crippen molar-refractivity contribution in [3.8, 4) is 0 Å². The quantitative estimate of drug-likeness (QED) is 0.705. The number of rotatable bonds is 1. The molecule has 2 rings (SSSR count). The fourth-order valence-electron chi connectivity index (χ4n) is 1.19. The van der Waals surface area contributed by atoms with E-state index in [1.807, 2.05) is 0 Å². The van der Waals surface area contributed by atoms with Crippen molar-refractivity contribution in [1.29, 1.82) is 0 Å². The fourth-order valence-corrected chi connectivity index (χ4v) is 1.97. The molecule has 0 aliphatic heterocycles. The van der Waals surface area contributed by atoms with Crippen LogP contribution < -0.4 is 0 Å². The number of aryl methyl sites for hydroxylation is 1. The third-order valence-corrected chi connectivity index (χ3v) is 3.25. The van der Waals surface area contributed by atoms with Crippen LogP contribution in [0.15, 0.2) is 27.6 Å². The van der Waals surface area contributed by atoms with Crippen LogP contribution in [0.25, 0.3) is 11.0 Å². The third-order valence-electron chi connectivity index (χ3n) is 1.90. The highest BCUT2D eigenvalue weighted by molar-refractivity contribution is 8.13. The molecule has 0 aliphatic rings. The van der Waals surface area contributed by atoms with E-state index in [1.165, 1.54) is 18.2 Å². The first kappa shape index (κ1) is 9.48. The maximum Gasteiger partial charge on any atom is 0.261 e. The first-order valence-electron chi connectivity index (χ1n) is 3.79. The van der Waals surface area contributed by atoms with Gasteiger partial charge in [-0.15, -0.1) is 0 Å². The molecular weight excluding hydrogens is 226 g/mol. The summed E-state index contributed by atoms with van der Waals surface area (Å²) >= 11 is 0. The molecule has 0 saturated heterocycles. The number of aromatic nitrogens is 1. The second-order valence-electron chi connectivity index (χ2n) is 2.86. The molecule has 0 aliphatic carbocycles. The van der Waals surface area contributed by atoms with Crippen LogP contribution in [0.4, 0.5) is 0 Å². The van der Waals surface area contributed by atoms with Crippen LogP contribution >= 0.6 is 10.7 Å². The van der Waals surface area contributed by atoms with Gasteiger partial charge in [-0.05, 0) is 25.1 Å². The maximum atomic E-state index is 11.0. The van der Waals surface area contributed by atoms with Crippen molar-refractivity contribution in [3.63, 3.8) is 0 Å². The average Bonchev–Trinajstić information content (AvgIpc) is 2.46. The summed E-state index contributed by atoms with van der Waals surface area (Å²) in [6.45, 7) is 1.73. The molecule has 1 aromatic heterocycles. The van der Waals surface area contributed by atoms with E-state index in [-0.39, 0.29) is 4.90 Å². The number of hydrogen-bond acceptors (Lipinski definition) is 4. The molecule has 0 amide bonds. The predicted molar refractivity (Wildman–Crippen MR) is 51.8 cm³/mol. The number of hydrogen-bond donors (Lipinski definition) is 0. The summed E-state index contributed by atoms with van der Waals surface area (Å²) < 4.78 is 27.0. The lowest BCUT2D eigenvalue weighted by Crippen LogP contribution is -1.89. The zero-order valence-corrected chi connectivity index (χ0v) is 8.76. The van der Waals surface area contributed by atoms with Crippen molar-refractivity contribution < 1.29 is 12.9 Å². The van der Waals surface area contributed by atoms with Gasteiger partial charge in [0.05, 0.1) is 10.6 Å². The van der Waals surface area contributed by atoms with Crippen LogP contribution in [0.1, 0.15) is 5.69 Å². The third kappa shape index (κ3) is 1.49. The number of halogens is 1. The van der Waals surface area contributed by atoms with Gasteiger partial charge in [0, 0.05) is 16.1 Å². The summed E-state index contributed by atoms with van der Waals surface area (Å²) in [5.74, 6) is 0. The van der Waals surface area contributed by atoms with Gasteiger partial charge in [-0.2, -0.15) is 0 Å². The molecule has 1 heterocycles. The molecule has 4 nitrogen and oxygen atoms in total. The van der Waals surface area contributed by atoms with Crippen molar-refractivity contribution in [2.24, 2.45) is 0 Å². The summed E-state index contributed by atoms with van der Waals surface area (Å²) in [6.07, 6.45) is 0. The Morgan fingerprint density at radius 3 is 2.79 bits per heavy atom. The minimum Gasteiger partial charge on any atom is -0.356 e. The van der Waals surface area contributed by atoms with E-state index in [9.17, 15) is 8.42 Å². The van der Waals surface area contributed by atoms with E-state index in [1.54, 1.807) is 6.92 Å². The predicted octanol–water partition coefficient (Wildman–Crippen LogP) is 2.06. The van der Waals surface area contributed by atoms with Crippen LogP contribution in [-0.2, 0) is 9.05 Å². The van der Waals surface area contributed by atoms with Crippen LogP contribution in [0, 0.1) is 6.92 Å². The van der Waals surface area contributed by atoms with Crippen molar-refractivity contribution in [2.45, 2.75) is 11.8 Å². The molecule has 0 fully saturated rings. The largest absolute Gasteiger partial charge is 0.356 e. The maximum absolute atomic E-state index is 11.0. The Labute approximate surface area is 84.9 Å². The van der Waals surface area contributed by atoms with E-state index in [0.29, 0.717) is 16.7 Å². The fraction of sp³-hybridized carbons (Fsp3) is 0.125. The van der Waals surface area contributed by atoms with Gasteiger partial charge in [-0.1, -0.05) is 5.16 Å². The molecule has 1 aromatic carbocycles. The SMILES string of the molecule is Cc1noc2ccc(S(=O)(=O)Cl)cc12. The summed E-state index contributed by atoms with van der Waals surface area (Å²) in [4.78, 5) is 0.0537. The van der Waals surface area contributed by atoms with Gasteiger partial charge in [0.2, 0.25) is 0 Å².